The third-order valence-corrected chi connectivity index (χ3v) is 3.44. The molecule has 0 aromatic heterocycles. The molecule has 0 saturated carbocycles. The lowest BCUT2D eigenvalue weighted by molar-refractivity contribution is 0.0118. The summed E-state index contributed by atoms with van der Waals surface area (Å²) in [5.41, 5.74) is 4.83. The minimum absolute atomic E-state index is 0.00394. The molecular formula is C11H14F2N2O3S. The van der Waals surface area contributed by atoms with Crippen LogP contribution in [0, 0.1) is 0 Å². The van der Waals surface area contributed by atoms with Gasteiger partial charge in [0.25, 0.3) is 11.8 Å². The highest BCUT2D eigenvalue weighted by molar-refractivity contribution is 7.90. The Morgan fingerprint density at radius 3 is 2.58 bits per heavy atom. The molecule has 1 rings (SSSR count). The number of amides is 1. The molecule has 5 nitrogen and oxygen atoms in total. The summed E-state index contributed by atoms with van der Waals surface area (Å²) in [6.07, 6.45) is 0.993. The maximum absolute atomic E-state index is 12.9. The fourth-order valence-electron chi connectivity index (χ4n) is 1.25. The third kappa shape index (κ3) is 4.56. The molecule has 1 aromatic carbocycles. The van der Waals surface area contributed by atoms with Crippen LogP contribution in [0.5, 0.6) is 0 Å². The molecule has 0 spiro atoms. The molecule has 0 radical (unpaired) electrons. The Bertz CT molecular complexity index is 573. The van der Waals surface area contributed by atoms with Gasteiger partial charge >= 0.3 is 0 Å². The number of sulfone groups is 1. The van der Waals surface area contributed by atoms with Gasteiger partial charge in [0.15, 0.2) is 9.84 Å². The summed E-state index contributed by atoms with van der Waals surface area (Å²) in [5, 5.41) is 2.01. The molecule has 8 heteroatoms. The lowest BCUT2D eigenvalue weighted by atomic mass is 10.2. The average molecular weight is 292 g/mol. The number of benzene rings is 1. The lowest BCUT2D eigenvalue weighted by Crippen LogP contribution is -2.41. The fourth-order valence-corrected chi connectivity index (χ4v) is 1.92. The van der Waals surface area contributed by atoms with E-state index in [1.165, 1.54) is 18.2 Å². The first kappa shape index (κ1) is 15.5. The van der Waals surface area contributed by atoms with Crippen LogP contribution in [-0.2, 0) is 9.84 Å². The van der Waals surface area contributed by atoms with Gasteiger partial charge in [0.2, 0.25) is 0 Å². The molecule has 1 amide bonds. The van der Waals surface area contributed by atoms with Gasteiger partial charge in [-0.1, -0.05) is 6.07 Å². The van der Waals surface area contributed by atoms with E-state index in [0.29, 0.717) is 0 Å². The van der Waals surface area contributed by atoms with E-state index in [9.17, 15) is 22.0 Å². The number of alkyl halides is 2. The molecule has 106 valence electrons. The smallest absolute Gasteiger partial charge is 0.277 e. The average Bonchev–Trinajstić information content (AvgIpc) is 2.35. The summed E-state index contributed by atoms with van der Waals surface area (Å²) < 4.78 is 48.3. The summed E-state index contributed by atoms with van der Waals surface area (Å²) in [6.45, 7) is -1.78. The van der Waals surface area contributed by atoms with Crippen molar-refractivity contribution in [3.63, 3.8) is 0 Å². The SMILES string of the molecule is CS(=O)(=O)c1cccc(C(=O)NCC(F)(F)CN)c1. The van der Waals surface area contributed by atoms with E-state index in [2.05, 4.69) is 0 Å². The fraction of sp³-hybridized carbons (Fsp3) is 0.364. The van der Waals surface area contributed by atoms with Gasteiger partial charge in [0, 0.05) is 11.8 Å². The number of nitrogens with two attached hydrogens (primary N) is 1. The normalized spacial score (nSPS) is 12.2. The largest absolute Gasteiger partial charge is 0.346 e. The van der Waals surface area contributed by atoms with Crippen LogP contribution >= 0.6 is 0 Å². The third-order valence-electron chi connectivity index (χ3n) is 2.33. The Hall–Kier alpha value is -1.54. The highest BCUT2D eigenvalue weighted by Crippen LogP contribution is 2.12. The van der Waals surface area contributed by atoms with Crippen molar-refractivity contribution in [1.29, 1.82) is 0 Å². The predicted molar refractivity (Wildman–Crippen MR) is 65.9 cm³/mol. The standard InChI is InChI=1S/C11H14F2N2O3S/c1-19(17,18)9-4-2-3-8(5-9)10(16)15-7-11(12,13)6-14/h2-5H,6-7,14H2,1H3,(H,15,16). The molecule has 1 aromatic rings. The Balaban J connectivity index is 2.84. The summed E-state index contributed by atoms with van der Waals surface area (Å²) in [7, 11) is -3.45. The molecule has 0 aliphatic heterocycles. The van der Waals surface area contributed by atoms with Crippen molar-refractivity contribution in [3.05, 3.63) is 29.8 Å². The van der Waals surface area contributed by atoms with Gasteiger partial charge in [-0.05, 0) is 18.2 Å². The van der Waals surface area contributed by atoms with Crippen LogP contribution < -0.4 is 11.1 Å². The lowest BCUT2D eigenvalue weighted by Gasteiger charge is -2.14. The zero-order valence-corrected chi connectivity index (χ0v) is 11.0. The molecule has 0 aliphatic carbocycles. The number of halogens is 2. The van der Waals surface area contributed by atoms with Crippen molar-refractivity contribution in [2.75, 3.05) is 19.3 Å². The summed E-state index contributed by atoms with van der Waals surface area (Å²) >= 11 is 0. The van der Waals surface area contributed by atoms with E-state index < -0.39 is 34.8 Å². The first-order valence-electron chi connectivity index (χ1n) is 5.32. The van der Waals surface area contributed by atoms with E-state index in [4.69, 9.17) is 5.73 Å². The zero-order chi connectivity index (χ0) is 14.7. The summed E-state index contributed by atoms with van der Waals surface area (Å²) in [4.78, 5) is 11.6. The molecule has 0 fully saturated rings. The predicted octanol–water partition coefficient (Wildman–Crippen LogP) is 0.414. The molecule has 0 aliphatic rings. The Labute approximate surface area is 109 Å². The Morgan fingerprint density at radius 1 is 1.42 bits per heavy atom. The minimum Gasteiger partial charge on any atom is -0.346 e. The van der Waals surface area contributed by atoms with Crippen LogP contribution in [0.3, 0.4) is 0 Å². The van der Waals surface area contributed by atoms with Crippen molar-refractivity contribution in [3.8, 4) is 0 Å². The van der Waals surface area contributed by atoms with Crippen molar-refractivity contribution in [1.82, 2.24) is 5.32 Å². The van der Waals surface area contributed by atoms with Crippen LogP contribution in [0.25, 0.3) is 0 Å². The molecule has 0 unspecified atom stereocenters. The van der Waals surface area contributed by atoms with E-state index in [0.717, 1.165) is 12.3 Å². The maximum atomic E-state index is 12.9. The quantitative estimate of drug-likeness (QED) is 0.823. The molecule has 19 heavy (non-hydrogen) atoms. The van der Waals surface area contributed by atoms with Gasteiger partial charge in [0.1, 0.15) is 0 Å². The number of nitrogens with one attached hydrogen (secondary N) is 1. The van der Waals surface area contributed by atoms with Gasteiger partial charge in [-0.2, -0.15) is 0 Å². The van der Waals surface area contributed by atoms with Crippen molar-refractivity contribution >= 4 is 15.7 Å². The Morgan fingerprint density at radius 2 is 2.05 bits per heavy atom. The minimum atomic E-state index is -3.45. The number of rotatable bonds is 5. The number of hydrogen-bond acceptors (Lipinski definition) is 4. The first-order chi connectivity index (χ1) is 8.65. The monoisotopic (exact) mass is 292 g/mol. The van der Waals surface area contributed by atoms with Gasteiger partial charge in [-0.3, -0.25) is 4.79 Å². The number of carbonyl (C=O) groups is 1. The van der Waals surface area contributed by atoms with Crippen molar-refractivity contribution in [2.45, 2.75) is 10.8 Å². The zero-order valence-electron chi connectivity index (χ0n) is 10.2. The summed E-state index contributed by atoms with van der Waals surface area (Å²) in [5.74, 6) is -3.97. The van der Waals surface area contributed by atoms with Crippen LogP contribution in [0.4, 0.5) is 8.78 Å². The molecule has 0 heterocycles. The van der Waals surface area contributed by atoms with Crippen LogP contribution in [-0.4, -0.2) is 39.6 Å². The molecule has 3 N–H and O–H groups in total. The van der Waals surface area contributed by atoms with Gasteiger partial charge in [-0.25, -0.2) is 17.2 Å². The van der Waals surface area contributed by atoms with Crippen molar-refractivity contribution < 1.29 is 22.0 Å². The Kier molecular flexibility index (Phi) is 4.59. The summed E-state index contributed by atoms with van der Waals surface area (Å²) in [6, 6.07) is 5.16. The van der Waals surface area contributed by atoms with Gasteiger partial charge < -0.3 is 11.1 Å². The van der Waals surface area contributed by atoms with E-state index in [1.807, 2.05) is 5.32 Å². The topological polar surface area (TPSA) is 89.3 Å². The highest BCUT2D eigenvalue weighted by Gasteiger charge is 2.27. The second-order valence-corrected chi connectivity index (χ2v) is 6.06. The molecule has 0 bridgehead atoms. The van der Waals surface area contributed by atoms with Crippen LogP contribution in [0.2, 0.25) is 0 Å². The first-order valence-corrected chi connectivity index (χ1v) is 7.21. The molecule has 0 atom stereocenters. The van der Waals surface area contributed by atoms with Crippen molar-refractivity contribution in [2.24, 2.45) is 5.73 Å². The van der Waals surface area contributed by atoms with Crippen LogP contribution in [0.15, 0.2) is 29.2 Å². The molecular weight excluding hydrogens is 278 g/mol. The van der Waals surface area contributed by atoms with Gasteiger partial charge in [0.05, 0.1) is 18.0 Å². The van der Waals surface area contributed by atoms with E-state index >= 15 is 0 Å². The molecule has 0 saturated heterocycles. The highest BCUT2D eigenvalue weighted by atomic mass is 32.2. The van der Waals surface area contributed by atoms with Gasteiger partial charge in [-0.15, -0.1) is 0 Å². The number of hydrogen-bond donors (Lipinski definition) is 2. The van der Waals surface area contributed by atoms with E-state index in [-0.39, 0.29) is 10.5 Å². The number of carbonyl (C=O) groups excluding carboxylic acids is 1. The maximum Gasteiger partial charge on any atom is 0.277 e. The van der Waals surface area contributed by atoms with E-state index in [1.54, 1.807) is 0 Å². The second kappa shape index (κ2) is 5.62. The second-order valence-electron chi connectivity index (χ2n) is 4.04. The van der Waals surface area contributed by atoms with Crippen LogP contribution in [0.1, 0.15) is 10.4 Å².